The minimum atomic E-state index is -0.444. The fraction of sp³-hybridized carbons (Fsp3) is 0.545. The molecule has 1 aliphatic carbocycles. The summed E-state index contributed by atoms with van der Waals surface area (Å²) in [4.78, 5) is 30.5. The van der Waals surface area contributed by atoms with Crippen LogP contribution in [0.3, 0.4) is 0 Å². The number of phenolic OH excluding ortho intramolecular Hbond substituents is 1. The van der Waals surface area contributed by atoms with Crippen molar-refractivity contribution < 1.29 is 14.7 Å². The molecule has 0 unspecified atom stereocenters. The third-order valence-electron chi connectivity index (χ3n) is 6.37. The van der Waals surface area contributed by atoms with Crippen LogP contribution < -0.4 is 5.32 Å². The number of phenols is 1. The quantitative estimate of drug-likeness (QED) is 0.532. The van der Waals surface area contributed by atoms with Gasteiger partial charge in [0.25, 0.3) is 0 Å². The van der Waals surface area contributed by atoms with Crippen molar-refractivity contribution >= 4 is 29.1 Å². The van der Waals surface area contributed by atoms with Gasteiger partial charge in [0, 0.05) is 56.4 Å². The Morgan fingerprint density at radius 3 is 2.47 bits per heavy atom. The zero-order valence-corrected chi connectivity index (χ0v) is 18.1. The smallest absolute Gasteiger partial charge is 0.246 e. The maximum atomic E-state index is 12.9. The third-order valence-corrected chi connectivity index (χ3v) is 6.69. The molecule has 7 nitrogen and oxygen atoms in total. The highest BCUT2D eigenvalue weighted by Gasteiger charge is 2.36. The summed E-state index contributed by atoms with van der Waals surface area (Å²) >= 11 is 6.25. The third kappa shape index (κ3) is 4.27. The lowest BCUT2D eigenvalue weighted by molar-refractivity contribution is -0.136. The van der Waals surface area contributed by atoms with Crippen LogP contribution in [0.1, 0.15) is 31.2 Å². The van der Waals surface area contributed by atoms with Gasteiger partial charge in [-0.05, 0) is 43.4 Å². The number of amides is 2. The number of nitrogens with zero attached hydrogens (tertiary/aromatic N) is 3. The van der Waals surface area contributed by atoms with E-state index in [1.807, 2.05) is 17.9 Å². The Morgan fingerprint density at radius 1 is 1.20 bits per heavy atom. The molecule has 30 heavy (non-hydrogen) atoms. The number of aromatic hydroxyl groups is 1. The number of nitrogens with one attached hydrogen (secondary N) is 1. The maximum Gasteiger partial charge on any atom is 0.246 e. The highest BCUT2D eigenvalue weighted by atomic mass is 35.5. The van der Waals surface area contributed by atoms with E-state index in [0.29, 0.717) is 35.8 Å². The molecule has 2 aliphatic heterocycles. The molecule has 8 heteroatoms. The van der Waals surface area contributed by atoms with E-state index in [0.717, 1.165) is 44.6 Å². The van der Waals surface area contributed by atoms with Crippen LogP contribution in [0.4, 0.5) is 5.69 Å². The lowest BCUT2D eigenvalue weighted by Gasteiger charge is -2.48. The number of rotatable bonds is 6. The topological polar surface area (TPSA) is 76.1 Å². The average molecular weight is 433 g/mol. The molecule has 4 rings (SSSR count). The van der Waals surface area contributed by atoms with Gasteiger partial charge in [-0.15, -0.1) is 0 Å². The van der Waals surface area contributed by atoms with Gasteiger partial charge in [-0.1, -0.05) is 18.2 Å². The molecule has 3 fully saturated rings. The molecule has 2 N–H and O–H groups in total. The van der Waals surface area contributed by atoms with Gasteiger partial charge in [0.1, 0.15) is 11.8 Å². The zero-order chi connectivity index (χ0) is 21.4. The molecule has 2 heterocycles. The van der Waals surface area contributed by atoms with Crippen molar-refractivity contribution in [2.75, 3.05) is 44.6 Å². The highest BCUT2D eigenvalue weighted by molar-refractivity contribution is 6.31. The Kier molecular flexibility index (Phi) is 5.93. The number of anilines is 1. The van der Waals surface area contributed by atoms with Gasteiger partial charge in [-0.3, -0.25) is 14.5 Å². The van der Waals surface area contributed by atoms with Gasteiger partial charge >= 0.3 is 0 Å². The fourth-order valence-corrected chi connectivity index (χ4v) is 4.59. The Hall–Kier alpha value is -2.25. The van der Waals surface area contributed by atoms with E-state index in [9.17, 15) is 14.7 Å². The number of benzene rings is 1. The van der Waals surface area contributed by atoms with Crippen LogP contribution >= 0.6 is 11.6 Å². The predicted octanol–water partition coefficient (Wildman–Crippen LogP) is 2.26. The van der Waals surface area contributed by atoms with Gasteiger partial charge < -0.3 is 20.2 Å². The summed E-state index contributed by atoms with van der Waals surface area (Å²) in [6, 6.07) is 3.37. The first-order valence-electron chi connectivity index (χ1n) is 10.6. The summed E-state index contributed by atoms with van der Waals surface area (Å²) < 4.78 is 0. The molecule has 0 spiro atoms. The van der Waals surface area contributed by atoms with Crippen LogP contribution in [-0.4, -0.2) is 83.0 Å². The van der Waals surface area contributed by atoms with E-state index in [-0.39, 0.29) is 17.6 Å². The lowest BCUT2D eigenvalue weighted by atomic mass is 10.1. The SMILES string of the molecule is C=CC(=O)N1CC(N2CCN(C(=O)[C@H](C)Nc3cc(C4CC4)c(Cl)cc3O)CC2)C1. The van der Waals surface area contributed by atoms with Crippen LogP contribution in [0.2, 0.25) is 5.02 Å². The monoisotopic (exact) mass is 432 g/mol. The summed E-state index contributed by atoms with van der Waals surface area (Å²) in [5.41, 5.74) is 1.59. The number of piperazine rings is 1. The van der Waals surface area contributed by atoms with Gasteiger partial charge in [0.2, 0.25) is 11.8 Å². The van der Waals surface area contributed by atoms with Crippen molar-refractivity contribution in [3.63, 3.8) is 0 Å². The number of hydrogen-bond donors (Lipinski definition) is 2. The number of hydrogen-bond acceptors (Lipinski definition) is 5. The molecule has 1 saturated carbocycles. The number of carbonyl (C=O) groups is 2. The summed E-state index contributed by atoms with van der Waals surface area (Å²) in [7, 11) is 0. The van der Waals surface area contributed by atoms with E-state index in [1.54, 1.807) is 11.0 Å². The summed E-state index contributed by atoms with van der Waals surface area (Å²) in [6.45, 7) is 9.75. The molecule has 0 radical (unpaired) electrons. The van der Waals surface area contributed by atoms with E-state index < -0.39 is 6.04 Å². The molecule has 0 aromatic heterocycles. The predicted molar refractivity (Wildman–Crippen MR) is 117 cm³/mol. The molecule has 162 valence electrons. The maximum absolute atomic E-state index is 12.9. The second-order valence-corrected chi connectivity index (χ2v) is 8.90. The van der Waals surface area contributed by atoms with Crippen molar-refractivity contribution in [2.24, 2.45) is 0 Å². The first kappa shape index (κ1) is 21.0. The largest absolute Gasteiger partial charge is 0.506 e. The van der Waals surface area contributed by atoms with Crippen LogP contribution in [-0.2, 0) is 9.59 Å². The van der Waals surface area contributed by atoms with E-state index >= 15 is 0 Å². The van der Waals surface area contributed by atoms with E-state index in [1.165, 1.54) is 6.08 Å². The summed E-state index contributed by atoms with van der Waals surface area (Å²) in [5, 5.41) is 14.0. The van der Waals surface area contributed by atoms with Gasteiger partial charge in [-0.2, -0.15) is 0 Å². The normalized spacial score (nSPS) is 21.1. The zero-order valence-electron chi connectivity index (χ0n) is 17.3. The minimum absolute atomic E-state index is 0.0183. The van der Waals surface area contributed by atoms with Crippen LogP contribution in [0, 0.1) is 0 Å². The molecule has 1 aromatic rings. The highest BCUT2D eigenvalue weighted by Crippen LogP contribution is 2.46. The van der Waals surface area contributed by atoms with Gasteiger partial charge in [-0.25, -0.2) is 0 Å². The van der Waals surface area contributed by atoms with E-state index in [4.69, 9.17) is 11.6 Å². The lowest BCUT2D eigenvalue weighted by Crippen LogP contribution is -2.64. The second kappa shape index (κ2) is 8.47. The Labute approximate surface area is 182 Å². The Balaban J connectivity index is 1.29. The van der Waals surface area contributed by atoms with Crippen molar-refractivity contribution in [3.05, 3.63) is 35.4 Å². The number of likely N-dealkylation sites (tertiary alicyclic amines) is 1. The van der Waals surface area contributed by atoms with Crippen LogP contribution in [0.15, 0.2) is 24.8 Å². The van der Waals surface area contributed by atoms with Crippen LogP contribution in [0.5, 0.6) is 5.75 Å². The van der Waals surface area contributed by atoms with Crippen LogP contribution in [0.25, 0.3) is 0 Å². The van der Waals surface area contributed by atoms with Crippen molar-refractivity contribution in [3.8, 4) is 5.75 Å². The molecule has 1 atom stereocenters. The average Bonchev–Trinajstić information content (AvgIpc) is 3.53. The molecular weight excluding hydrogens is 404 g/mol. The van der Waals surface area contributed by atoms with Gasteiger partial charge in [0.05, 0.1) is 5.69 Å². The van der Waals surface area contributed by atoms with Crippen molar-refractivity contribution in [1.29, 1.82) is 0 Å². The Bertz CT molecular complexity index is 843. The minimum Gasteiger partial charge on any atom is -0.506 e. The number of halogens is 1. The van der Waals surface area contributed by atoms with Gasteiger partial charge in [0.15, 0.2) is 0 Å². The first-order chi connectivity index (χ1) is 14.4. The molecule has 0 bridgehead atoms. The molecule has 3 aliphatic rings. The van der Waals surface area contributed by atoms with E-state index in [2.05, 4.69) is 16.8 Å². The van der Waals surface area contributed by atoms with Crippen molar-refractivity contribution in [1.82, 2.24) is 14.7 Å². The summed E-state index contributed by atoms with van der Waals surface area (Å²) in [5.74, 6) is 0.531. The molecular formula is C22H29ClN4O3. The molecule has 1 aromatic carbocycles. The fourth-order valence-electron chi connectivity index (χ4n) is 4.27. The standard InChI is InChI=1S/C22H29ClN4O3/c1-3-21(29)27-12-16(13-27)25-6-8-26(9-7-25)22(30)14(2)24-19-10-17(15-4-5-15)18(23)11-20(19)28/h3,10-11,14-16,24,28H,1,4-9,12-13H2,2H3/t14-/m0/s1. The van der Waals surface area contributed by atoms with Crippen molar-refractivity contribution in [2.45, 2.75) is 37.8 Å². The number of carbonyl (C=O) groups excluding carboxylic acids is 2. The molecule has 2 saturated heterocycles. The first-order valence-corrected chi connectivity index (χ1v) is 11.0. The second-order valence-electron chi connectivity index (χ2n) is 8.49. The Morgan fingerprint density at radius 2 is 1.87 bits per heavy atom. The summed E-state index contributed by atoms with van der Waals surface area (Å²) in [6.07, 6.45) is 3.58. The molecule has 2 amide bonds.